The molecule has 0 radical (unpaired) electrons. The molecule has 0 aliphatic carbocycles. The molecular weight excluding hydrogens is 390 g/mol. The summed E-state index contributed by atoms with van der Waals surface area (Å²) in [5, 5.41) is 11.6. The van der Waals surface area contributed by atoms with Crippen molar-refractivity contribution in [2.45, 2.75) is 0 Å². The predicted molar refractivity (Wildman–Crippen MR) is 108 cm³/mol. The fourth-order valence-electron chi connectivity index (χ4n) is 2.80. The normalized spacial score (nSPS) is 14.0. The standard InChI is InChI=1S/C21H14BrN3O/c22-16-11-12-18-17(13-16)20(21(26)23-18)25-24-19(14-7-3-1-4-8-14)15-9-5-2-6-10-15/h1-13H,(H,23,25,26). The van der Waals surface area contributed by atoms with Gasteiger partial charge in [0.1, 0.15) is 5.71 Å². The van der Waals surface area contributed by atoms with Gasteiger partial charge in [-0.15, -0.1) is 10.2 Å². The zero-order valence-electron chi connectivity index (χ0n) is 13.7. The maximum absolute atomic E-state index is 12.3. The fourth-order valence-corrected chi connectivity index (χ4v) is 3.16. The predicted octanol–water partition coefficient (Wildman–Crippen LogP) is 4.64. The summed E-state index contributed by atoms with van der Waals surface area (Å²) in [6.45, 7) is 0. The van der Waals surface area contributed by atoms with Gasteiger partial charge in [0.25, 0.3) is 5.91 Å². The molecule has 4 rings (SSSR count). The van der Waals surface area contributed by atoms with Crippen LogP contribution in [0, 0.1) is 0 Å². The van der Waals surface area contributed by atoms with Crippen LogP contribution in [0.4, 0.5) is 5.69 Å². The second-order valence-electron chi connectivity index (χ2n) is 5.77. The van der Waals surface area contributed by atoms with Gasteiger partial charge in [0.15, 0.2) is 5.71 Å². The van der Waals surface area contributed by atoms with Gasteiger partial charge < -0.3 is 5.32 Å². The first-order valence-electron chi connectivity index (χ1n) is 8.10. The number of amides is 1. The maximum atomic E-state index is 12.3. The molecule has 1 aliphatic heterocycles. The van der Waals surface area contributed by atoms with E-state index in [0.717, 1.165) is 32.6 Å². The summed E-state index contributed by atoms with van der Waals surface area (Å²) in [6.07, 6.45) is 0. The van der Waals surface area contributed by atoms with Gasteiger partial charge in [-0.05, 0) is 18.2 Å². The van der Waals surface area contributed by atoms with Gasteiger partial charge in [0.05, 0.1) is 5.69 Å². The van der Waals surface area contributed by atoms with Crippen LogP contribution >= 0.6 is 15.9 Å². The van der Waals surface area contributed by atoms with E-state index in [9.17, 15) is 4.79 Å². The lowest BCUT2D eigenvalue weighted by molar-refractivity contribution is -0.110. The van der Waals surface area contributed by atoms with Crippen LogP contribution in [0.1, 0.15) is 16.7 Å². The molecule has 3 aromatic rings. The monoisotopic (exact) mass is 403 g/mol. The molecule has 0 unspecified atom stereocenters. The highest BCUT2D eigenvalue weighted by Crippen LogP contribution is 2.27. The third-order valence-electron chi connectivity index (χ3n) is 4.04. The number of carbonyl (C=O) groups excluding carboxylic acids is 1. The zero-order valence-corrected chi connectivity index (χ0v) is 15.3. The van der Waals surface area contributed by atoms with Gasteiger partial charge >= 0.3 is 0 Å². The van der Waals surface area contributed by atoms with Crippen molar-refractivity contribution in [2.24, 2.45) is 10.2 Å². The number of rotatable bonds is 3. The Morgan fingerprint density at radius 1 is 0.846 bits per heavy atom. The molecule has 0 bridgehead atoms. The van der Waals surface area contributed by atoms with Crippen molar-refractivity contribution in [3.05, 3.63) is 100 Å². The number of fused-ring (bicyclic) bond motifs is 1. The van der Waals surface area contributed by atoms with Crippen molar-refractivity contribution in [3.63, 3.8) is 0 Å². The summed E-state index contributed by atoms with van der Waals surface area (Å²) in [5.74, 6) is -0.248. The van der Waals surface area contributed by atoms with Crippen molar-refractivity contribution < 1.29 is 4.79 Å². The Morgan fingerprint density at radius 2 is 1.46 bits per heavy atom. The average Bonchev–Trinajstić information content (AvgIpc) is 2.98. The molecule has 126 valence electrons. The lowest BCUT2D eigenvalue weighted by atomic mass is 10.0. The quantitative estimate of drug-likeness (QED) is 0.502. The lowest BCUT2D eigenvalue weighted by Gasteiger charge is -2.05. The van der Waals surface area contributed by atoms with Crippen molar-refractivity contribution in [1.29, 1.82) is 0 Å². The van der Waals surface area contributed by atoms with E-state index < -0.39 is 0 Å². The molecule has 3 aromatic carbocycles. The van der Waals surface area contributed by atoms with E-state index in [-0.39, 0.29) is 5.91 Å². The van der Waals surface area contributed by atoms with E-state index in [1.165, 1.54) is 0 Å². The second-order valence-corrected chi connectivity index (χ2v) is 6.69. The molecule has 4 nitrogen and oxygen atoms in total. The molecule has 5 heteroatoms. The molecule has 0 saturated heterocycles. The SMILES string of the molecule is O=C1Nc2ccc(Br)cc2/C1=N/N=C(c1ccccc1)c1ccccc1. The number of hydrogen-bond donors (Lipinski definition) is 1. The number of benzene rings is 3. The number of nitrogens with one attached hydrogen (secondary N) is 1. The highest BCUT2D eigenvalue weighted by Gasteiger charge is 2.26. The summed E-state index contributed by atoms with van der Waals surface area (Å²) in [7, 11) is 0. The Hall–Kier alpha value is -3.05. The van der Waals surface area contributed by atoms with E-state index in [1.54, 1.807) is 0 Å². The van der Waals surface area contributed by atoms with Gasteiger partial charge in [-0.3, -0.25) is 4.79 Å². The first-order chi connectivity index (χ1) is 12.7. The Morgan fingerprint density at radius 3 is 2.08 bits per heavy atom. The summed E-state index contributed by atoms with van der Waals surface area (Å²) < 4.78 is 0.885. The first-order valence-corrected chi connectivity index (χ1v) is 8.89. The van der Waals surface area contributed by atoms with Crippen molar-refractivity contribution in [1.82, 2.24) is 0 Å². The Balaban J connectivity index is 1.83. The molecule has 1 amide bonds. The van der Waals surface area contributed by atoms with Crippen LogP contribution in [0.5, 0.6) is 0 Å². The van der Waals surface area contributed by atoms with Crippen LogP contribution in [0.25, 0.3) is 0 Å². The van der Waals surface area contributed by atoms with Crippen LogP contribution < -0.4 is 5.32 Å². The minimum atomic E-state index is -0.248. The van der Waals surface area contributed by atoms with Gasteiger partial charge in [-0.2, -0.15) is 0 Å². The smallest absolute Gasteiger partial charge is 0.276 e. The molecule has 1 heterocycles. The Labute approximate surface area is 159 Å². The maximum Gasteiger partial charge on any atom is 0.276 e. The highest BCUT2D eigenvalue weighted by molar-refractivity contribution is 9.10. The largest absolute Gasteiger partial charge is 0.320 e. The Kier molecular flexibility index (Phi) is 4.46. The van der Waals surface area contributed by atoms with Crippen LogP contribution in [0.3, 0.4) is 0 Å². The van der Waals surface area contributed by atoms with Crippen LogP contribution in [-0.4, -0.2) is 17.3 Å². The summed E-state index contributed by atoms with van der Waals surface area (Å²) >= 11 is 3.44. The fraction of sp³-hybridized carbons (Fsp3) is 0. The van der Waals surface area contributed by atoms with Crippen LogP contribution in [-0.2, 0) is 4.79 Å². The molecule has 0 fully saturated rings. The highest BCUT2D eigenvalue weighted by atomic mass is 79.9. The van der Waals surface area contributed by atoms with Crippen molar-refractivity contribution in [2.75, 3.05) is 5.32 Å². The van der Waals surface area contributed by atoms with E-state index in [4.69, 9.17) is 0 Å². The van der Waals surface area contributed by atoms with Crippen molar-refractivity contribution in [3.8, 4) is 0 Å². The molecule has 1 aliphatic rings. The van der Waals surface area contributed by atoms with Gasteiger partial charge in [-0.1, -0.05) is 76.6 Å². The van der Waals surface area contributed by atoms with E-state index in [1.807, 2.05) is 78.9 Å². The number of nitrogens with zero attached hydrogens (tertiary/aromatic N) is 2. The minimum Gasteiger partial charge on any atom is -0.320 e. The second kappa shape index (κ2) is 7.06. The Bertz CT molecular complexity index is 986. The first kappa shape index (κ1) is 16.4. The molecule has 0 saturated carbocycles. The van der Waals surface area contributed by atoms with Gasteiger partial charge in [0, 0.05) is 21.2 Å². The summed E-state index contributed by atoms with van der Waals surface area (Å²) in [5.41, 5.74) is 4.40. The summed E-state index contributed by atoms with van der Waals surface area (Å²) in [4.78, 5) is 12.3. The van der Waals surface area contributed by atoms with E-state index >= 15 is 0 Å². The van der Waals surface area contributed by atoms with E-state index in [2.05, 4.69) is 31.4 Å². The van der Waals surface area contributed by atoms with Gasteiger partial charge in [0.2, 0.25) is 0 Å². The third kappa shape index (κ3) is 3.21. The molecular formula is C21H14BrN3O. The zero-order chi connectivity index (χ0) is 17.9. The average molecular weight is 404 g/mol. The van der Waals surface area contributed by atoms with Crippen LogP contribution in [0.2, 0.25) is 0 Å². The number of hydrogen-bond acceptors (Lipinski definition) is 3. The molecule has 0 atom stereocenters. The molecule has 0 spiro atoms. The third-order valence-corrected chi connectivity index (χ3v) is 4.54. The molecule has 1 N–H and O–H groups in total. The molecule has 26 heavy (non-hydrogen) atoms. The lowest BCUT2D eigenvalue weighted by Crippen LogP contribution is -2.14. The van der Waals surface area contributed by atoms with E-state index in [0.29, 0.717) is 5.71 Å². The van der Waals surface area contributed by atoms with Crippen molar-refractivity contribution >= 4 is 38.9 Å². The number of carbonyl (C=O) groups is 1. The van der Waals surface area contributed by atoms with Crippen LogP contribution in [0.15, 0.2) is 93.5 Å². The van der Waals surface area contributed by atoms with Gasteiger partial charge in [-0.25, -0.2) is 0 Å². The number of anilines is 1. The minimum absolute atomic E-state index is 0.248. The summed E-state index contributed by atoms with van der Waals surface area (Å²) in [6, 6.07) is 25.2. The molecule has 0 aromatic heterocycles. The topological polar surface area (TPSA) is 53.8 Å². The number of halogens is 1.